The van der Waals surface area contributed by atoms with Crippen molar-refractivity contribution in [1.82, 2.24) is 10.3 Å². The van der Waals surface area contributed by atoms with Crippen LogP contribution in [0.5, 0.6) is 0 Å². The van der Waals surface area contributed by atoms with Crippen LogP contribution in [0.25, 0.3) is 0 Å². The zero-order valence-corrected chi connectivity index (χ0v) is 11.7. The van der Waals surface area contributed by atoms with Gasteiger partial charge in [-0.1, -0.05) is 24.6 Å². The maximum Gasteiger partial charge on any atom is 0.123 e. The molecule has 0 saturated carbocycles. The van der Waals surface area contributed by atoms with Gasteiger partial charge in [0.05, 0.1) is 11.7 Å². The Morgan fingerprint density at radius 1 is 1.32 bits per heavy atom. The van der Waals surface area contributed by atoms with Crippen molar-refractivity contribution in [1.29, 1.82) is 0 Å². The predicted octanol–water partition coefficient (Wildman–Crippen LogP) is 3.88. The molecule has 0 fully saturated rings. The highest BCUT2D eigenvalue weighted by Crippen LogP contribution is 2.28. The number of hydrogen-bond acceptors (Lipinski definition) is 2. The van der Waals surface area contributed by atoms with Crippen LogP contribution in [-0.4, -0.2) is 11.5 Å². The third-order valence-electron chi connectivity index (χ3n) is 2.88. The van der Waals surface area contributed by atoms with Crippen molar-refractivity contribution in [2.75, 3.05) is 6.54 Å². The Morgan fingerprint density at radius 2 is 2.11 bits per heavy atom. The number of aromatic nitrogens is 1. The molecule has 0 amide bonds. The van der Waals surface area contributed by atoms with E-state index in [1.807, 2.05) is 32.0 Å². The van der Waals surface area contributed by atoms with Crippen LogP contribution in [0.1, 0.15) is 29.9 Å². The van der Waals surface area contributed by atoms with Gasteiger partial charge < -0.3 is 5.32 Å². The largest absolute Gasteiger partial charge is 0.305 e. The van der Waals surface area contributed by atoms with Crippen molar-refractivity contribution in [3.63, 3.8) is 0 Å². The monoisotopic (exact) mass is 278 g/mol. The Bertz CT molecular complexity index is 572. The Kier molecular flexibility index (Phi) is 4.51. The average Bonchev–Trinajstić information content (AvgIpc) is 2.39. The Hall–Kier alpha value is -1.45. The Labute approximate surface area is 117 Å². The van der Waals surface area contributed by atoms with E-state index in [0.29, 0.717) is 10.6 Å². The summed E-state index contributed by atoms with van der Waals surface area (Å²) in [6, 6.07) is 9.98. The summed E-state index contributed by atoms with van der Waals surface area (Å²) in [5, 5.41) is 3.83. The van der Waals surface area contributed by atoms with Crippen molar-refractivity contribution in [2.24, 2.45) is 0 Å². The van der Waals surface area contributed by atoms with E-state index in [-0.39, 0.29) is 11.9 Å². The summed E-state index contributed by atoms with van der Waals surface area (Å²) in [5.41, 5.74) is 2.48. The van der Waals surface area contributed by atoms with Crippen LogP contribution in [0.2, 0.25) is 5.02 Å². The zero-order chi connectivity index (χ0) is 13.8. The van der Waals surface area contributed by atoms with Gasteiger partial charge in [0.2, 0.25) is 0 Å². The highest BCUT2D eigenvalue weighted by atomic mass is 35.5. The molecule has 100 valence electrons. The van der Waals surface area contributed by atoms with Gasteiger partial charge in [0.15, 0.2) is 0 Å². The van der Waals surface area contributed by atoms with Crippen LogP contribution >= 0.6 is 11.6 Å². The summed E-state index contributed by atoms with van der Waals surface area (Å²) >= 11 is 6.18. The van der Waals surface area contributed by atoms with Gasteiger partial charge in [0, 0.05) is 10.7 Å². The molecule has 1 aromatic carbocycles. The lowest BCUT2D eigenvalue weighted by molar-refractivity contribution is 0.594. The Morgan fingerprint density at radius 3 is 2.79 bits per heavy atom. The van der Waals surface area contributed by atoms with Crippen LogP contribution in [0.4, 0.5) is 4.39 Å². The quantitative estimate of drug-likeness (QED) is 0.918. The molecule has 0 aliphatic rings. The molecule has 1 unspecified atom stereocenters. The van der Waals surface area contributed by atoms with Gasteiger partial charge in [0.25, 0.3) is 0 Å². The number of pyridine rings is 1. The van der Waals surface area contributed by atoms with Gasteiger partial charge in [-0.3, -0.25) is 4.98 Å². The summed E-state index contributed by atoms with van der Waals surface area (Å²) in [6.45, 7) is 4.67. The van der Waals surface area contributed by atoms with E-state index in [4.69, 9.17) is 11.6 Å². The van der Waals surface area contributed by atoms with Gasteiger partial charge in [-0.05, 0) is 49.4 Å². The fourth-order valence-electron chi connectivity index (χ4n) is 2.04. The molecule has 0 aliphatic heterocycles. The molecule has 2 rings (SSSR count). The molecule has 0 aliphatic carbocycles. The summed E-state index contributed by atoms with van der Waals surface area (Å²) < 4.78 is 13.4. The van der Waals surface area contributed by atoms with Gasteiger partial charge in [-0.2, -0.15) is 0 Å². The third-order valence-corrected chi connectivity index (χ3v) is 3.23. The second-order valence-corrected chi connectivity index (χ2v) is 4.77. The van der Waals surface area contributed by atoms with E-state index >= 15 is 0 Å². The highest BCUT2D eigenvalue weighted by molar-refractivity contribution is 6.31. The smallest absolute Gasteiger partial charge is 0.123 e. The normalized spacial score (nSPS) is 12.4. The van der Waals surface area contributed by atoms with Crippen LogP contribution < -0.4 is 5.32 Å². The van der Waals surface area contributed by atoms with Crippen LogP contribution in [0.3, 0.4) is 0 Å². The summed E-state index contributed by atoms with van der Waals surface area (Å²) in [5.74, 6) is -0.296. The van der Waals surface area contributed by atoms with Gasteiger partial charge in [-0.15, -0.1) is 0 Å². The average molecular weight is 279 g/mol. The van der Waals surface area contributed by atoms with Gasteiger partial charge >= 0.3 is 0 Å². The lowest BCUT2D eigenvalue weighted by Gasteiger charge is -2.19. The summed E-state index contributed by atoms with van der Waals surface area (Å²) in [6.07, 6.45) is 0. The topological polar surface area (TPSA) is 24.9 Å². The summed E-state index contributed by atoms with van der Waals surface area (Å²) in [7, 11) is 0. The van der Waals surface area contributed by atoms with Gasteiger partial charge in [-0.25, -0.2) is 4.39 Å². The van der Waals surface area contributed by atoms with Crippen molar-refractivity contribution >= 4 is 11.6 Å². The number of benzene rings is 1. The number of nitrogens with zero attached hydrogens (tertiary/aromatic N) is 1. The first kappa shape index (κ1) is 14.0. The molecule has 1 N–H and O–H groups in total. The minimum absolute atomic E-state index is 0.201. The highest BCUT2D eigenvalue weighted by Gasteiger charge is 2.18. The number of rotatable bonds is 4. The standard InChI is InChI=1S/C15H16ClFN2/c1-3-18-15(14-6-4-5-10(2)19-14)12-9-11(17)7-8-13(12)16/h4-9,15,18H,3H2,1-2H3. The third kappa shape index (κ3) is 3.31. The van der Waals surface area contributed by atoms with Crippen LogP contribution in [0, 0.1) is 12.7 Å². The fraction of sp³-hybridized carbons (Fsp3) is 0.267. The molecule has 19 heavy (non-hydrogen) atoms. The first-order chi connectivity index (χ1) is 9.11. The molecular weight excluding hydrogens is 263 g/mol. The van der Waals surface area contributed by atoms with Gasteiger partial charge in [0.1, 0.15) is 5.82 Å². The maximum atomic E-state index is 13.4. The molecule has 0 bridgehead atoms. The second-order valence-electron chi connectivity index (χ2n) is 4.36. The molecule has 0 saturated heterocycles. The summed E-state index contributed by atoms with van der Waals surface area (Å²) in [4.78, 5) is 4.50. The number of halogens is 2. The van der Waals surface area contributed by atoms with Crippen LogP contribution in [0.15, 0.2) is 36.4 Å². The lowest BCUT2D eigenvalue weighted by Crippen LogP contribution is -2.23. The molecule has 1 heterocycles. The SMILES string of the molecule is CCNC(c1cccc(C)n1)c1cc(F)ccc1Cl. The van der Waals surface area contributed by atoms with Crippen LogP contribution in [-0.2, 0) is 0 Å². The van der Waals surface area contributed by atoms with Crippen molar-refractivity contribution in [3.8, 4) is 0 Å². The minimum Gasteiger partial charge on any atom is -0.305 e. The first-order valence-electron chi connectivity index (χ1n) is 6.23. The molecule has 1 atom stereocenters. The molecule has 0 radical (unpaired) electrons. The molecule has 0 spiro atoms. The predicted molar refractivity (Wildman–Crippen MR) is 75.9 cm³/mol. The number of aryl methyl sites for hydroxylation is 1. The molecule has 2 nitrogen and oxygen atoms in total. The zero-order valence-electron chi connectivity index (χ0n) is 11.0. The Balaban J connectivity index is 2.48. The fourth-order valence-corrected chi connectivity index (χ4v) is 2.27. The molecule has 1 aromatic heterocycles. The molecule has 2 aromatic rings. The van der Waals surface area contributed by atoms with E-state index in [0.717, 1.165) is 17.9 Å². The van der Waals surface area contributed by atoms with E-state index < -0.39 is 0 Å². The van der Waals surface area contributed by atoms with Crippen molar-refractivity contribution < 1.29 is 4.39 Å². The van der Waals surface area contributed by atoms with E-state index in [2.05, 4.69) is 10.3 Å². The number of nitrogens with one attached hydrogen (secondary N) is 1. The molecule has 4 heteroatoms. The van der Waals surface area contributed by atoms with E-state index in [9.17, 15) is 4.39 Å². The first-order valence-corrected chi connectivity index (χ1v) is 6.61. The van der Waals surface area contributed by atoms with E-state index in [1.54, 1.807) is 6.07 Å². The molecular formula is C15H16ClFN2. The second kappa shape index (κ2) is 6.13. The van der Waals surface area contributed by atoms with Crippen molar-refractivity contribution in [3.05, 3.63) is 64.2 Å². The maximum absolute atomic E-state index is 13.4. The lowest BCUT2D eigenvalue weighted by atomic mass is 10.0. The number of hydrogen-bond donors (Lipinski definition) is 1. The van der Waals surface area contributed by atoms with E-state index in [1.165, 1.54) is 12.1 Å². The van der Waals surface area contributed by atoms with Crippen molar-refractivity contribution in [2.45, 2.75) is 19.9 Å². The minimum atomic E-state index is -0.296.